The first-order valence-corrected chi connectivity index (χ1v) is 6.08. The molecule has 0 unspecified atom stereocenters. The normalized spacial score (nSPS) is 9.43. The van der Waals surface area contributed by atoms with Gasteiger partial charge in [-0.3, -0.25) is 0 Å². The second-order valence-corrected chi connectivity index (χ2v) is 6.94. The molecule has 0 aliphatic rings. The van der Waals surface area contributed by atoms with Crippen molar-refractivity contribution in [3.8, 4) is 11.5 Å². The zero-order valence-electron chi connectivity index (χ0n) is 7.88. The van der Waals surface area contributed by atoms with Crippen LogP contribution < -0.4 is 9.47 Å². The molecule has 0 bridgehead atoms. The van der Waals surface area contributed by atoms with Crippen LogP contribution in [0.3, 0.4) is 0 Å². The van der Waals surface area contributed by atoms with E-state index in [0.717, 1.165) is 17.1 Å². The Balaban J connectivity index is 3.07. The summed E-state index contributed by atoms with van der Waals surface area (Å²) in [5.41, 5.74) is 1.11. The predicted octanol–water partition coefficient (Wildman–Crippen LogP) is 3.87. The van der Waals surface area contributed by atoms with Gasteiger partial charge in [0.2, 0.25) is 0 Å². The highest BCUT2D eigenvalue weighted by atomic mass is 127. The minimum Gasteiger partial charge on any atom is -0.493 e. The maximum atomic E-state index is 5.20. The van der Waals surface area contributed by atoms with Crippen LogP contribution >= 0.6 is 45.2 Å². The van der Waals surface area contributed by atoms with Crippen molar-refractivity contribution in [3.63, 3.8) is 0 Å². The van der Waals surface area contributed by atoms with Crippen molar-refractivity contribution in [2.75, 3.05) is 14.2 Å². The van der Waals surface area contributed by atoms with Crippen LogP contribution in [0.25, 0.3) is 6.08 Å². The third-order valence-electron chi connectivity index (χ3n) is 1.68. The lowest BCUT2D eigenvalue weighted by Crippen LogP contribution is -1.90. The minimum atomic E-state index is 0.758. The molecule has 0 heterocycles. The quantitative estimate of drug-likeness (QED) is 0.697. The van der Waals surface area contributed by atoms with E-state index in [9.17, 15) is 0 Å². The lowest BCUT2D eigenvalue weighted by Gasteiger charge is -2.07. The van der Waals surface area contributed by atoms with Crippen molar-refractivity contribution >= 4 is 51.3 Å². The van der Waals surface area contributed by atoms with Crippen LogP contribution in [0.5, 0.6) is 11.5 Å². The van der Waals surface area contributed by atoms with Gasteiger partial charge in [-0.15, -0.1) is 0 Å². The molecule has 14 heavy (non-hydrogen) atoms. The summed E-state index contributed by atoms with van der Waals surface area (Å²) in [6.45, 7) is 0. The standard InChI is InChI=1S/C10H10I2O2/c1-13-8-4-3-7(6-10(11)12)5-9(8)14-2/h3-6H,1-2H3. The summed E-state index contributed by atoms with van der Waals surface area (Å²) in [4.78, 5) is 0. The van der Waals surface area contributed by atoms with Crippen LogP contribution in [0.1, 0.15) is 5.56 Å². The molecule has 0 aliphatic heterocycles. The number of ether oxygens (including phenoxy) is 2. The SMILES string of the molecule is COc1ccc(C=C(I)I)cc1OC. The molecule has 0 amide bonds. The molecule has 0 aliphatic carbocycles. The average Bonchev–Trinajstić information content (AvgIpc) is 2.16. The van der Waals surface area contributed by atoms with Crippen LogP contribution in [0.2, 0.25) is 0 Å². The van der Waals surface area contributed by atoms with E-state index in [4.69, 9.17) is 9.47 Å². The Labute approximate surface area is 111 Å². The van der Waals surface area contributed by atoms with Crippen LogP contribution in [0.4, 0.5) is 0 Å². The van der Waals surface area contributed by atoms with Crippen molar-refractivity contribution in [3.05, 3.63) is 25.3 Å². The number of hydrogen-bond acceptors (Lipinski definition) is 2. The molecule has 1 aromatic rings. The molecule has 0 aromatic heterocycles. The third-order valence-corrected chi connectivity index (χ3v) is 2.31. The van der Waals surface area contributed by atoms with Crippen molar-refractivity contribution in [2.45, 2.75) is 0 Å². The molecule has 0 saturated heterocycles. The molecule has 0 radical (unpaired) electrons. The predicted molar refractivity (Wildman–Crippen MR) is 75.6 cm³/mol. The zero-order valence-corrected chi connectivity index (χ0v) is 12.2. The molecule has 2 nitrogen and oxygen atoms in total. The van der Waals surface area contributed by atoms with Crippen molar-refractivity contribution in [1.82, 2.24) is 0 Å². The van der Waals surface area contributed by atoms with E-state index in [0.29, 0.717) is 0 Å². The maximum absolute atomic E-state index is 5.20. The number of halogens is 2. The van der Waals surface area contributed by atoms with E-state index in [1.54, 1.807) is 14.2 Å². The van der Waals surface area contributed by atoms with Gasteiger partial charge in [0.15, 0.2) is 11.5 Å². The van der Waals surface area contributed by atoms with Gasteiger partial charge < -0.3 is 9.47 Å². The Morgan fingerprint density at radius 3 is 2.29 bits per heavy atom. The van der Waals surface area contributed by atoms with Crippen molar-refractivity contribution in [2.24, 2.45) is 0 Å². The van der Waals surface area contributed by atoms with Gasteiger partial charge in [0.25, 0.3) is 0 Å². The Bertz CT molecular complexity index is 344. The van der Waals surface area contributed by atoms with Gasteiger partial charge in [-0.2, -0.15) is 0 Å². The maximum Gasteiger partial charge on any atom is 0.161 e. The monoisotopic (exact) mass is 416 g/mol. The zero-order chi connectivity index (χ0) is 10.6. The molecule has 0 fully saturated rings. The van der Waals surface area contributed by atoms with Crippen LogP contribution in [-0.4, -0.2) is 14.2 Å². The van der Waals surface area contributed by atoms with Gasteiger partial charge in [-0.25, -0.2) is 0 Å². The summed E-state index contributed by atoms with van der Waals surface area (Å²) < 4.78 is 11.5. The number of hydrogen-bond donors (Lipinski definition) is 0. The first kappa shape index (κ1) is 12.1. The van der Waals surface area contributed by atoms with Gasteiger partial charge in [-0.05, 0) is 69.0 Å². The van der Waals surface area contributed by atoms with E-state index < -0.39 is 0 Å². The summed E-state index contributed by atoms with van der Waals surface area (Å²) in [5.74, 6) is 1.52. The number of methoxy groups -OCH3 is 2. The highest BCUT2D eigenvalue weighted by molar-refractivity contribution is 14.2. The number of benzene rings is 1. The Hall–Kier alpha value is 0.0200. The van der Waals surface area contributed by atoms with Crippen molar-refractivity contribution < 1.29 is 9.47 Å². The minimum absolute atomic E-state index is 0.758. The summed E-state index contributed by atoms with van der Waals surface area (Å²) in [5, 5.41) is 0. The fraction of sp³-hybridized carbons (Fsp3) is 0.200. The van der Waals surface area contributed by atoms with Crippen LogP contribution in [0.15, 0.2) is 19.8 Å². The first-order chi connectivity index (χ1) is 6.67. The van der Waals surface area contributed by atoms with Gasteiger partial charge in [-0.1, -0.05) is 6.07 Å². The molecular formula is C10H10I2O2. The Morgan fingerprint density at radius 1 is 1.14 bits per heavy atom. The average molecular weight is 416 g/mol. The van der Waals surface area contributed by atoms with E-state index in [1.807, 2.05) is 18.2 Å². The van der Waals surface area contributed by atoms with Crippen LogP contribution in [0, 0.1) is 0 Å². The summed E-state index contributed by atoms with van der Waals surface area (Å²) in [6, 6.07) is 5.86. The highest BCUT2D eigenvalue weighted by Crippen LogP contribution is 2.29. The molecule has 0 N–H and O–H groups in total. The summed E-state index contributed by atoms with van der Waals surface area (Å²) in [6.07, 6.45) is 2.07. The molecule has 1 aromatic carbocycles. The summed E-state index contributed by atoms with van der Waals surface area (Å²) in [7, 11) is 3.27. The second-order valence-electron chi connectivity index (χ2n) is 2.55. The van der Waals surface area contributed by atoms with Gasteiger partial charge >= 0.3 is 0 Å². The number of rotatable bonds is 3. The lowest BCUT2D eigenvalue weighted by molar-refractivity contribution is 0.355. The third kappa shape index (κ3) is 3.30. The fourth-order valence-electron chi connectivity index (χ4n) is 1.07. The fourth-order valence-corrected chi connectivity index (χ4v) is 1.79. The largest absolute Gasteiger partial charge is 0.493 e. The first-order valence-electron chi connectivity index (χ1n) is 3.92. The van der Waals surface area contributed by atoms with Gasteiger partial charge in [0, 0.05) is 0 Å². The molecule has 4 heteroatoms. The Morgan fingerprint density at radius 2 is 1.79 bits per heavy atom. The molecular weight excluding hydrogens is 406 g/mol. The molecule has 1 rings (SSSR count). The summed E-state index contributed by atoms with van der Waals surface area (Å²) >= 11 is 4.53. The van der Waals surface area contributed by atoms with Gasteiger partial charge in [0.1, 0.15) is 0 Å². The second kappa shape index (κ2) is 5.79. The van der Waals surface area contributed by atoms with E-state index >= 15 is 0 Å². The van der Waals surface area contributed by atoms with E-state index in [2.05, 4.69) is 51.3 Å². The van der Waals surface area contributed by atoms with E-state index in [-0.39, 0.29) is 0 Å². The topological polar surface area (TPSA) is 18.5 Å². The Kier molecular flexibility index (Phi) is 5.00. The molecule has 0 spiro atoms. The van der Waals surface area contributed by atoms with E-state index in [1.165, 1.54) is 1.59 Å². The smallest absolute Gasteiger partial charge is 0.161 e. The van der Waals surface area contributed by atoms with Crippen LogP contribution in [-0.2, 0) is 0 Å². The molecule has 0 saturated carbocycles. The molecule has 0 atom stereocenters. The molecule has 76 valence electrons. The highest BCUT2D eigenvalue weighted by Gasteiger charge is 2.02. The lowest BCUT2D eigenvalue weighted by atomic mass is 10.2. The van der Waals surface area contributed by atoms with Gasteiger partial charge in [0.05, 0.1) is 15.8 Å². The van der Waals surface area contributed by atoms with Crippen molar-refractivity contribution in [1.29, 1.82) is 0 Å².